The van der Waals surface area contributed by atoms with Gasteiger partial charge in [-0.15, -0.1) is 0 Å². The van der Waals surface area contributed by atoms with Gasteiger partial charge >= 0.3 is 5.97 Å². The first-order valence-corrected chi connectivity index (χ1v) is 9.23. The SMILES string of the molecule is CCOc1ccc(C(=O)COC(=O)COc2cccc3c2OC(C)(C)C3)cc1. The summed E-state index contributed by atoms with van der Waals surface area (Å²) in [6.07, 6.45) is 0.778. The molecule has 0 radical (unpaired) electrons. The van der Waals surface area contributed by atoms with Crippen molar-refractivity contribution in [2.45, 2.75) is 32.8 Å². The highest BCUT2D eigenvalue weighted by molar-refractivity contribution is 5.98. The predicted molar refractivity (Wildman–Crippen MR) is 103 cm³/mol. The molecular formula is C22H24O6. The van der Waals surface area contributed by atoms with Gasteiger partial charge in [0.15, 0.2) is 30.5 Å². The van der Waals surface area contributed by atoms with Gasteiger partial charge in [0.25, 0.3) is 0 Å². The van der Waals surface area contributed by atoms with E-state index in [0.29, 0.717) is 29.4 Å². The third kappa shape index (κ3) is 4.82. The first-order chi connectivity index (χ1) is 13.4. The Labute approximate surface area is 164 Å². The van der Waals surface area contributed by atoms with Crippen LogP contribution < -0.4 is 14.2 Å². The van der Waals surface area contributed by atoms with Crippen molar-refractivity contribution < 1.29 is 28.5 Å². The second-order valence-electron chi connectivity index (χ2n) is 7.11. The van der Waals surface area contributed by atoms with E-state index < -0.39 is 5.97 Å². The Bertz CT molecular complexity index is 854. The molecular weight excluding hydrogens is 360 g/mol. The van der Waals surface area contributed by atoms with E-state index in [9.17, 15) is 9.59 Å². The quantitative estimate of drug-likeness (QED) is 0.512. The zero-order chi connectivity index (χ0) is 20.1. The van der Waals surface area contributed by atoms with Crippen LogP contribution in [0.5, 0.6) is 17.2 Å². The number of ketones is 1. The third-order valence-electron chi connectivity index (χ3n) is 4.25. The highest BCUT2D eigenvalue weighted by atomic mass is 16.6. The Morgan fingerprint density at radius 1 is 1.04 bits per heavy atom. The van der Waals surface area contributed by atoms with Crippen LogP contribution in [0.3, 0.4) is 0 Å². The van der Waals surface area contributed by atoms with Crippen LogP contribution in [0.15, 0.2) is 42.5 Å². The lowest BCUT2D eigenvalue weighted by Gasteiger charge is -2.18. The van der Waals surface area contributed by atoms with E-state index in [2.05, 4.69) is 0 Å². The normalized spacial score (nSPS) is 14.0. The van der Waals surface area contributed by atoms with Crippen LogP contribution in [0.25, 0.3) is 0 Å². The maximum atomic E-state index is 12.1. The standard InChI is InChI=1S/C22H24O6/c1-4-25-17-10-8-15(9-11-17)18(23)13-27-20(24)14-26-19-7-5-6-16-12-22(2,3)28-21(16)19/h5-11H,4,12-14H2,1-3H3. The van der Waals surface area contributed by atoms with Crippen molar-refractivity contribution in [2.75, 3.05) is 19.8 Å². The van der Waals surface area contributed by atoms with Crippen molar-refractivity contribution in [3.63, 3.8) is 0 Å². The molecule has 0 bridgehead atoms. The van der Waals surface area contributed by atoms with Gasteiger partial charge in [0, 0.05) is 17.5 Å². The highest BCUT2D eigenvalue weighted by Crippen LogP contribution is 2.41. The summed E-state index contributed by atoms with van der Waals surface area (Å²) in [6, 6.07) is 12.3. The second kappa shape index (κ2) is 8.33. The first-order valence-electron chi connectivity index (χ1n) is 9.23. The molecule has 0 aliphatic carbocycles. The number of carbonyl (C=O) groups excluding carboxylic acids is 2. The van der Waals surface area contributed by atoms with Gasteiger partial charge in [-0.25, -0.2) is 4.79 Å². The van der Waals surface area contributed by atoms with Crippen LogP contribution in [-0.2, 0) is 16.0 Å². The Kier molecular flexibility index (Phi) is 5.87. The van der Waals surface area contributed by atoms with Gasteiger partial charge in [0.2, 0.25) is 0 Å². The minimum absolute atomic E-state index is 0.290. The Balaban J connectivity index is 1.49. The van der Waals surface area contributed by atoms with Crippen LogP contribution in [0.2, 0.25) is 0 Å². The number of Topliss-reactive ketones (excluding diaryl/α,β-unsaturated/α-hetero) is 1. The summed E-state index contributed by atoms with van der Waals surface area (Å²) in [5.74, 6) is 0.935. The van der Waals surface area contributed by atoms with E-state index in [-0.39, 0.29) is 24.6 Å². The van der Waals surface area contributed by atoms with Crippen molar-refractivity contribution >= 4 is 11.8 Å². The second-order valence-corrected chi connectivity index (χ2v) is 7.11. The predicted octanol–water partition coefficient (Wildman–Crippen LogP) is 3.60. The fourth-order valence-corrected chi connectivity index (χ4v) is 3.01. The molecule has 6 heteroatoms. The van der Waals surface area contributed by atoms with Crippen molar-refractivity contribution in [1.82, 2.24) is 0 Å². The van der Waals surface area contributed by atoms with Gasteiger partial charge < -0.3 is 18.9 Å². The molecule has 0 saturated carbocycles. The summed E-state index contributed by atoms with van der Waals surface area (Å²) in [5, 5.41) is 0. The Hall–Kier alpha value is -3.02. The minimum atomic E-state index is -0.617. The average molecular weight is 384 g/mol. The lowest BCUT2D eigenvalue weighted by atomic mass is 10.0. The number of esters is 1. The zero-order valence-electron chi connectivity index (χ0n) is 16.3. The number of hydrogen-bond acceptors (Lipinski definition) is 6. The molecule has 0 spiro atoms. The third-order valence-corrected chi connectivity index (χ3v) is 4.25. The molecule has 0 N–H and O–H groups in total. The fraction of sp³-hybridized carbons (Fsp3) is 0.364. The largest absolute Gasteiger partial charge is 0.494 e. The molecule has 0 atom stereocenters. The van der Waals surface area contributed by atoms with E-state index in [4.69, 9.17) is 18.9 Å². The molecule has 0 saturated heterocycles. The number of rotatable bonds is 8. The molecule has 3 rings (SSSR count). The summed E-state index contributed by atoms with van der Waals surface area (Å²) >= 11 is 0. The van der Waals surface area contributed by atoms with Gasteiger partial charge in [-0.1, -0.05) is 12.1 Å². The molecule has 2 aromatic rings. The Morgan fingerprint density at radius 3 is 2.50 bits per heavy atom. The van der Waals surface area contributed by atoms with E-state index in [1.54, 1.807) is 30.3 Å². The zero-order valence-corrected chi connectivity index (χ0v) is 16.3. The summed E-state index contributed by atoms with van der Waals surface area (Å²) in [4.78, 5) is 24.1. The van der Waals surface area contributed by atoms with Crippen LogP contribution >= 0.6 is 0 Å². The van der Waals surface area contributed by atoms with Gasteiger partial charge in [0.1, 0.15) is 11.4 Å². The van der Waals surface area contributed by atoms with Gasteiger partial charge in [-0.3, -0.25) is 4.79 Å². The van der Waals surface area contributed by atoms with Crippen molar-refractivity contribution in [3.05, 3.63) is 53.6 Å². The number of para-hydroxylation sites is 1. The number of fused-ring (bicyclic) bond motifs is 1. The highest BCUT2D eigenvalue weighted by Gasteiger charge is 2.32. The molecule has 6 nitrogen and oxygen atoms in total. The maximum Gasteiger partial charge on any atom is 0.344 e. The van der Waals surface area contributed by atoms with E-state index in [1.807, 2.05) is 32.9 Å². The fourth-order valence-electron chi connectivity index (χ4n) is 3.01. The molecule has 148 valence electrons. The molecule has 28 heavy (non-hydrogen) atoms. The summed E-state index contributed by atoms with van der Waals surface area (Å²) in [6.45, 7) is 5.80. The lowest BCUT2D eigenvalue weighted by Crippen LogP contribution is -2.25. The number of benzene rings is 2. The lowest BCUT2D eigenvalue weighted by molar-refractivity contribution is -0.144. The van der Waals surface area contributed by atoms with Crippen LogP contribution in [0.1, 0.15) is 36.7 Å². The molecule has 1 heterocycles. The van der Waals surface area contributed by atoms with Gasteiger partial charge in [0.05, 0.1) is 6.61 Å². The van der Waals surface area contributed by atoms with Crippen molar-refractivity contribution in [2.24, 2.45) is 0 Å². The molecule has 2 aromatic carbocycles. The molecule has 0 aromatic heterocycles. The molecule has 0 unspecified atom stereocenters. The number of hydrogen-bond donors (Lipinski definition) is 0. The monoisotopic (exact) mass is 384 g/mol. The Morgan fingerprint density at radius 2 is 1.79 bits per heavy atom. The molecule has 1 aliphatic heterocycles. The van der Waals surface area contributed by atoms with E-state index in [1.165, 1.54) is 0 Å². The van der Waals surface area contributed by atoms with Gasteiger partial charge in [-0.05, 0) is 51.1 Å². The smallest absolute Gasteiger partial charge is 0.344 e. The summed E-state index contributed by atoms with van der Waals surface area (Å²) in [5.41, 5.74) is 1.20. The number of carbonyl (C=O) groups is 2. The van der Waals surface area contributed by atoms with E-state index in [0.717, 1.165) is 12.0 Å². The number of ether oxygens (including phenoxy) is 4. The van der Waals surface area contributed by atoms with Crippen molar-refractivity contribution in [1.29, 1.82) is 0 Å². The van der Waals surface area contributed by atoms with Crippen LogP contribution in [0, 0.1) is 0 Å². The summed E-state index contributed by atoms with van der Waals surface area (Å²) in [7, 11) is 0. The topological polar surface area (TPSA) is 71.1 Å². The molecule has 0 amide bonds. The van der Waals surface area contributed by atoms with Crippen molar-refractivity contribution in [3.8, 4) is 17.2 Å². The van der Waals surface area contributed by atoms with Crippen LogP contribution in [0.4, 0.5) is 0 Å². The maximum absolute atomic E-state index is 12.1. The van der Waals surface area contributed by atoms with E-state index >= 15 is 0 Å². The first kappa shape index (κ1) is 19.7. The molecule has 1 aliphatic rings. The minimum Gasteiger partial charge on any atom is -0.494 e. The average Bonchev–Trinajstić information content (AvgIpc) is 2.99. The molecule has 0 fully saturated rings. The van der Waals surface area contributed by atoms with Crippen LogP contribution in [-0.4, -0.2) is 37.2 Å². The van der Waals surface area contributed by atoms with Gasteiger partial charge in [-0.2, -0.15) is 0 Å². The summed E-state index contributed by atoms with van der Waals surface area (Å²) < 4.78 is 21.8.